The van der Waals surface area contributed by atoms with Crippen LogP contribution in [0.1, 0.15) is 18.5 Å². The quantitative estimate of drug-likeness (QED) is 0.565. The standard InChI is InChI=1S/C9H14N2O/c1-6(12)9(11)7-4-2-3-5-8(7)10/h2-6,9,12H,10-11H2,1H3/t6?,9-/m1/s1. The van der Waals surface area contributed by atoms with Crippen LogP contribution in [-0.4, -0.2) is 11.2 Å². The molecule has 3 nitrogen and oxygen atoms in total. The molecule has 3 heteroatoms. The maximum atomic E-state index is 9.22. The third kappa shape index (κ3) is 1.75. The molecule has 0 fully saturated rings. The van der Waals surface area contributed by atoms with Gasteiger partial charge in [-0.15, -0.1) is 0 Å². The first-order valence-electron chi connectivity index (χ1n) is 3.91. The smallest absolute Gasteiger partial charge is 0.0705 e. The molecular formula is C9H14N2O. The summed E-state index contributed by atoms with van der Waals surface area (Å²) in [6.45, 7) is 1.65. The summed E-state index contributed by atoms with van der Waals surface area (Å²) in [4.78, 5) is 0. The molecule has 0 saturated carbocycles. The second-order valence-electron chi connectivity index (χ2n) is 2.90. The second kappa shape index (κ2) is 3.56. The predicted molar refractivity (Wildman–Crippen MR) is 49.5 cm³/mol. The van der Waals surface area contributed by atoms with Crippen LogP contribution >= 0.6 is 0 Å². The summed E-state index contributed by atoms with van der Waals surface area (Å²) in [5, 5.41) is 9.22. The van der Waals surface area contributed by atoms with E-state index in [1.54, 1.807) is 13.0 Å². The van der Waals surface area contributed by atoms with Crippen LogP contribution in [0.2, 0.25) is 0 Å². The van der Waals surface area contributed by atoms with E-state index in [9.17, 15) is 5.11 Å². The Morgan fingerprint density at radius 3 is 2.42 bits per heavy atom. The summed E-state index contributed by atoms with van der Waals surface area (Å²) >= 11 is 0. The van der Waals surface area contributed by atoms with E-state index in [0.717, 1.165) is 5.56 Å². The minimum atomic E-state index is -0.574. The Morgan fingerprint density at radius 2 is 1.92 bits per heavy atom. The average molecular weight is 166 g/mol. The fraction of sp³-hybridized carbons (Fsp3) is 0.333. The van der Waals surface area contributed by atoms with Crippen molar-refractivity contribution in [3.8, 4) is 0 Å². The first-order valence-corrected chi connectivity index (χ1v) is 3.91. The molecular weight excluding hydrogens is 152 g/mol. The zero-order valence-corrected chi connectivity index (χ0v) is 7.07. The molecule has 0 aliphatic heterocycles. The number of aliphatic hydroxyl groups excluding tert-OH is 1. The molecule has 0 aliphatic rings. The molecule has 1 aromatic rings. The summed E-state index contributed by atoms with van der Waals surface area (Å²) < 4.78 is 0. The van der Waals surface area contributed by atoms with Gasteiger partial charge in [-0.05, 0) is 18.6 Å². The van der Waals surface area contributed by atoms with Crippen molar-refractivity contribution in [1.82, 2.24) is 0 Å². The van der Waals surface area contributed by atoms with Gasteiger partial charge in [-0.3, -0.25) is 0 Å². The zero-order chi connectivity index (χ0) is 9.14. The van der Waals surface area contributed by atoms with Gasteiger partial charge in [-0.1, -0.05) is 18.2 Å². The molecule has 0 heterocycles. The Bertz CT molecular complexity index is 260. The summed E-state index contributed by atoms with van der Waals surface area (Å²) in [6.07, 6.45) is -0.574. The fourth-order valence-corrected chi connectivity index (χ4v) is 1.07. The lowest BCUT2D eigenvalue weighted by Crippen LogP contribution is -2.24. The zero-order valence-electron chi connectivity index (χ0n) is 7.07. The van der Waals surface area contributed by atoms with E-state index in [2.05, 4.69) is 0 Å². The van der Waals surface area contributed by atoms with Gasteiger partial charge >= 0.3 is 0 Å². The number of hydrogen-bond donors (Lipinski definition) is 3. The van der Waals surface area contributed by atoms with Crippen LogP contribution in [0.25, 0.3) is 0 Å². The first kappa shape index (κ1) is 9.03. The maximum Gasteiger partial charge on any atom is 0.0705 e. The Kier molecular flexibility index (Phi) is 2.68. The second-order valence-corrected chi connectivity index (χ2v) is 2.90. The van der Waals surface area contributed by atoms with Crippen molar-refractivity contribution < 1.29 is 5.11 Å². The van der Waals surface area contributed by atoms with Crippen molar-refractivity contribution >= 4 is 5.69 Å². The highest BCUT2D eigenvalue weighted by atomic mass is 16.3. The molecule has 1 aromatic carbocycles. The molecule has 0 saturated heterocycles. The van der Waals surface area contributed by atoms with Gasteiger partial charge in [0.25, 0.3) is 0 Å². The van der Waals surface area contributed by atoms with Gasteiger partial charge < -0.3 is 16.6 Å². The SMILES string of the molecule is CC(O)[C@@H](N)c1ccccc1N. The number of aliphatic hydroxyl groups is 1. The van der Waals surface area contributed by atoms with Crippen molar-refractivity contribution in [3.05, 3.63) is 29.8 Å². The Morgan fingerprint density at radius 1 is 1.33 bits per heavy atom. The molecule has 0 spiro atoms. The molecule has 66 valence electrons. The van der Waals surface area contributed by atoms with E-state index in [0.29, 0.717) is 5.69 Å². The van der Waals surface area contributed by atoms with E-state index >= 15 is 0 Å². The van der Waals surface area contributed by atoms with Gasteiger partial charge in [0.15, 0.2) is 0 Å². The number of nitrogen functional groups attached to an aromatic ring is 1. The van der Waals surface area contributed by atoms with Crippen LogP contribution in [-0.2, 0) is 0 Å². The summed E-state index contributed by atoms with van der Waals surface area (Å²) in [5.74, 6) is 0. The minimum absolute atomic E-state index is 0.397. The van der Waals surface area contributed by atoms with Gasteiger partial charge in [-0.2, -0.15) is 0 Å². The van der Waals surface area contributed by atoms with Crippen molar-refractivity contribution in [1.29, 1.82) is 0 Å². The fourth-order valence-electron chi connectivity index (χ4n) is 1.07. The van der Waals surface area contributed by atoms with Crippen LogP contribution in [0.5, 0.6) is 0 Å². The lowest BCUT2D eigenvalue weighted by Gasteiger charge is -2.16. The van der Waals surface area contributed by atoms with E-state index < -0.39 is 12.1 Å². The highest BCUT2D eigenvalue weighted by Crippen LogP contribution is 2.20. The van der Waals surface area contributed by atoms with Crippen molar-refractivity contribution in [2.24, 2.45) is 5.73 Å². The molecule has 12 heavy (non-hydrogen) atoms. The number of para-hydroxylation sites is 1. The Hall–Kier alpha value is -1.06. The van der Waals surface area contributed by atoms with Gasteiger partial charge in [0, 0.05) is 5.69 Å². The number of hydrogen-bond acceptors (Lipinski definition) is 3. The monoisotopic (exact) mass is 166 g/mol. The van der Waals surface area contributed by atoms with Crippen LogP contribution < -0.4 is 11.5 Å². The lowest BCUT2D eigenvalue weighted by molar-refractivity contribution is 0.164. The lowest BCUT2D eigenvalue weighted by atomic mass is 10.0. The summed E-state index contributed by atoms with van der Waals surface area (Å²) in [6, 6.07) is 6.90. The van der Waals surface area contributed by atoms with Gasteiger partial charge in [0.05, 0.1) is 12.1 Å². The molecule has 0 radical (unpaired) electrons. The maximum absolute atomic E-state index is 9.22. The average Bonchev–Trinajstić information content (AvgIpc) is 2.04. The van der Waals surface area contributed by atoms with Crippen LogP contribution in [0, 0.1) is 0 Å². The molecule has 0 amide bonds. The van der Waals surface area contributed by atoms with Gasteiger partial charge in [0.1, 0.15) is 0 Å². The van der Waals surface area contributed by atoms with Gasteiger partial charge in [0.2, 0.25) is 0 Å². The number of rotatable bonds is 2. The molecule has 1 unspecified atom stereocenters. The third-order valence-corrected chi connectivity index (χ3v) is 1.87. The molecule has 0 aliphatic carbocycles. The molecule has 0 aromatic heterocycles. The summed E-state index contributed by atoms with van der Waals surface area (Å²) in [7, 11) is 0. The van der Waals surface area contributed by atoms with E-state index in [1.165, 1.54) is 0 Å². The largest absolute Gasteiger partial charge is 0.398 e. The third-order valence-electron chi connectivity index (χ3n) is 1.87. The van der Waals surface area contributed by atoms with Crippen molar-refractivity contribution in [2.75, 3.05) is 5.73 Å². The number of nitrogens with two attached hydrogens (primary N) is 2. The Labute approximate surface area is 72.0 Å². The normalized spacial score (nSPS) is 15.6. The van der Waals surface area contributed by atoms with E-state index in [4.69, 9.17) is 11.5 Å². The van der Waals surface area contributed by atoms with Crippen LogP contribution in [0.4, 0.5) is 5.69 Å². The topological polar surface area (TPSA) is 72.3 Å². The molecule has 2 atom stereocenters. The highest BCUT2D eigenvalue weighted by Gasteiger charge is 2.13. The van der Waals surface area contributed by atoms with Crippen LogP contribution in [0.15, 0.2) is 24.3 Å². The summed E-state index contributed by atoms with van der Waals surface area (Å²) in [5.41, 5.74) is 12.8. The molecule has 5 N–H and O–H groups in total. The number of anilines is 1. The van der Waals surface area contributed by atoms with Crippen LogP contribution in [0.3, 0.4) is 0 Å². The van der Waals surface area contributed by atoms with Gasteiger partial charge in [-0.25, -0.2) is 0 Å². The first-order chi connectivity index (χ1) is 5.63. The molecule has 0 bridgehead atoms. The molecule has 1 rings (SSSR count). The predicted octanol–water partition coefficient (Wildman–Crippen LogP) is 0.649. The highest BCUT2D eigenvalue weighted by molar-refractivity contribution is 5.48. The Balaban J connectivity index is 2.94. The van der Waals surface area contributed by atoms with Crippen molar-refractivity contribution in [2.45, 2.75) is 19.1 Å². The minimum Gasteiger partial charge on any atom is -0.398 e. The van der Waals surface area contributed by atoms with Crippen molar-refractivity contribution in [3.63, 3.8) is 0 Å². The number of benzene rings is 1. The van der Waals surface area contributed by atoms with E-state index in [-0.39, 0.29) is 0 Å². The van der Waals surface area contributed by atoms with E-state index in [1.807, 2.05) is 18.2 Å².